The summed E-state index contributed by atoms with van der Waals surface area (Å²) in [7, 11) is 0. The van der Waals surface area contributed by atoms with Gasteiger partial charge in [-0.05, 0) is 31.1 Å². The van der Waals surface area contributed by atoms with E-state index in [2.05, 4.69) is 43.3 Å². The topological polar surface area (TPSA) is 40.0 Å². The Hall–Kier alpha value is 0.0800. The van der Waals surface area contributed by atoms with Gasteiger partial charge in [0.15, 0.2) is 9.98 Å². The van der Waals surface area contributed by atoms with Gasteiger partial charge in [-0.3, -0.25) is 5.43 Å². The largest absolute Gasteiger partial charge is 0.281 e. The third-order valence-electron chi connectivity index (χ3n) is 2.70. The summed E-state index contributed by atoms with van der Waals surface area (Å²) in [6.07, 6.45) is 0.821. The molecule has 1 aliphatic rings. The number of nitrogens with zero attached hydrogens (tertiary/aromatic N) is 3. The van der Waals surface area contributed by atoms with Crippen LogP contribution in [0.2, 0.25) is 0 Å². The second-order valence-corrected chi connectivity index (χ2v) is 9.31. The van der Waals surface area contributed by atoms with Crippen molar-refractivity contribution in [3.63, 3.8) is 0 Å². The minimum absolute atomic E-state index is 0.364. The molecular weight excluding hydrogens is 340 g/mol. The Labute approximate surface area is 146 Å². The number of rotatable bonds is 5. The Balaban J connectivity index is 2.82. The highest BCUT2D eigenvalue weighted by atomic mass is 32.2. The second-order valence-electron chi connectivity index (χ2n) is 4.65. The summed E-state index contributed by atoms with van der Waals surface area (Å²) in [6.45, 7) is 10.5. The van der Waals surface area contributed by atoms with Crippen LogP contribution in [0.3, 0.4) is 0 Å². The number of thiocarbonyl (C=S) groups is 1. The van der Waals surface area contributed by atoms with Gasteiger partial charge in [-0.1, -0.05) is 68.3 Å². The smallest absolute Gasteiger partial charge is 0.159 e. The summed E-state index contributed by atoms with van der Waals surface area (Å²) in [6, 6.07) is 0. The van der Waals surface area contributed by atoms with Gasteiger partial charge in [-0.25, -0.2) is 5.01 Å². The van der Waals surface area contributed by atoms with Crippen molar-refractivity contribution in [2.75, 3.05) is 17.3 Å². The molecule has 0 aromatic rings. The fourth-order valence-electron chi connectivity index (χ4n) is 1.92. The fourth-order valence-corrected chi connectivity index (χ4v) is 4.88. The molecule has 1 N–H and O–H groups in total. The Morgan fingerprint density at radius 2 is 1.86 bits per heavy atom. The number of hydrogen-bond acceptors (Lipinski definition) is 7. The van der Waals surface area contributed by atoms with Crippen molar-refractivity contribution < 1.29 is 0 Å². The van der Waals surface area contributed by atoms with E-state index in [1.165, 1.54) is 0 Å². The predicted molar refractivity (Wildman–Crippen MR) is 106 cm³/mol. The van der Waals surface area contributed by atoms with Crippen LogP contribution in [0.5, 0.6) is 0 Å². The second kappa shape index (κ2) is 9.27. The number of thioether (sulfide) groups is 3. The average Bonchev–Trinajstić information content (AvgIpc) is 2.73. The Morgan fingerprint density at radius 3 is 2.38 bits per heavy atom. The van der Waals surface area contributed by atoms with E-state index in [9.17, 15) is 0 Å². The molecule has 4 nitrogen and oxygen atoms in total. The Morgan fingerprint density at radius 1 is 1.29 bits per heavy atom. The molecule has 0 spiro atoms. The highest BCUT2D eigenvalue weighted by Gasteiger charge is 2.39. The monoisotopic (exact) mass is 364 g/mol. The molecule has 0 aromatic carbocycles. The van der Waals surface area contributed by atoms with Crippen LogP contribution < -0.4 is 5.43 Å². The third-order valence-corrected chi connectivity index (χ3v) is 5.90. The van der Waals surface area contributed by atoms with Crippen LogP contribution in [0, 0.1) is 0 Å². The first kappa shape index (κ1) is 19.1. The van der Waals surface area contributed by atoms with Crippen molar-refractivity contribution >= 4 is 61.9 Å². The van der Waals surface area contributed by atoms with E-state index in [0.717, 1.165) is 38.1 Å². The lowest BCUT2D eigenvalue weighted by Gasteiger charge is -2.33. The molecule has 0 saturated heterocycles. The molecule has 0 bridgehead atoms. The molecule has 0 aromatic heterocycles. The Kier molecular flexibility index (Phi) is 8.44. The van der Waals surface area contributed by atoms with Crippen LogP contribution in [0.15, 0.2) is 10.2 Å². The zero-order valence-electron chi connectivity index (χ0n) is 13.3. The minimum atomic E-state index is -0.364. The van der Waals surface area contributed by atoms with Crippen molar-refractivity contribution in [2.24, 2.45) is 10.2 Å². The van der Waals surface area contributed by atoms with Crippen molar-refractivity contribution in [3.05, 3.63) is 0 Å². The maximum absolute atomic E-state index is 5.48. The zero-order valence-corrected chi connectivity index (χ0v) is 16.6. The van der Waals surface area contributed by atoms with E-state index in [-0.39, 0.29) is 5.66 Å². The average molecular weight is 365 g/mol. The summed E-state index contributed by atoms with van der Waals surface area (Å²) < 4.78 is 1.87. The molecular formula is C13H24N4S4. The van der Waals surface area contributed by atoms with E-state index >= 15 is 0 Å². The number of hydrogen-bond donors (Lipinski definition) is 1. The predicted octanol–water partition coefficient (Wildman–Crippen LogP) is 4.19. The first-order valence-corrected chi connectivity index (χ1v) is 10.4. The normalized spacial score (nSPS) is 21.2. The Bertz CT molecular complexity index is 416. The van der Waals surface area contributed by atoms with Crippen molar-refractivity contribution in [3.8, 4) is 0 Å². The molecule has 120 valence electrons. The van der Waals surface area contributed by atoms with Gasteiger partial charge in [-0.15, -0.1) is 0 Å². The highest BCUT2D eigenvalue weighted by Crippen LogP contribution is 2.29. The van der Waals surface area contributed by atoms with Crippen LogP contribution in [0.25, 0.3) is 0 Å². The zero-order chi connectivity index (χ0) is 15.9. The van der Waals surface area contributed by atoms with Gasteiger partial charge >= 0.3 is 0 Å². The lowest BCUT2D eigenvalue weighted by Crippen LogP contribution is -2.51. The van der Waals surface area contributed by atoms with Crippen LogP contribution >= 0.6 is 47.5 Å². The SMILES string of the molecule is CCSC(=S)N1N=C(C)C[C@]1(C)NN=C(SCC)SCC. The quantitative estimate of drug-likeness (QED) is 0.341. The summed E-state index contributed by atoms with van der Waals surface area (Å²) in [5, 5.41) is 11.1. The van der Waals surface area contributed by atoms with Gasteiger partial charge in [0.25, 0.3) is 0 Å². The van der Waals surface area contributed by atoms with Gasteiger partial charge in [0.1, 0.15) is 4.38 Å². The minimum Gasteiger partial charge on any atom is -0.281 e. The van der Waals surface area contributed by atoms with E-state index in [4.69, 9.17) is 12.2 Å². The molecule has 0 radical (unpaired) electrons. The van der Waals surface area contributed by atoms with Crippen molar-refractivity contribution in [1.82, 2.24) is 10.4 Å². The maximum atomic E-state index is 5.48. The summed E-state index contributed by atoms with van der Waals surface area (Å²) in [5.41, 5.74) is 4.02. The van der Waals surface area contributed by atoms with Crippen LogP contribution in [-0.4, -0.2) is 42.3 Å². The first-order valence-electron chi connectivity index (χ1n) is 7.08. The molecule has 0 aliphatic carbocycles. The summed E-state index contributed by atoms with van der Waals surface area (Å²) in [5.74, 6) is 2.99. The van der Waals surface area contributed by atoms with Crippen LogP contribution in [0.1, 0.15) is 41.0 Å². The molecule has 1 atom stereocenters. The van der Waals surface area contributed by atoms with E-state index in [1.807, 2.05) is 11.9 Å². The van der Waals surface area contributed by atoms with Gasteiger partial charge in [-0.2, -0.15) is 10.2 Å². The summed E-state index contributed by atoms with van der Waals surface area (Å²) in [4.78, 5) is 0. The molecule has 0 unspecified atom stereocenters. The highest BCUT2D eigenvalue weighted by molar-refractivity contribution is 8.38. The lowest BCUT2D eigenvalue weighted by atomic mass is 10.1. The van der Waals surface area contributed by atoms with Crippen LogP contribution in [-0.2, 0) is 0 Å². The molecule has 0 fully saturated rings. The molecule has 1 heterocycles. The van der Waals surface area contributed by atoms with E-state index in [1.54, 1.807) is 35.3 Å². The number of hydrazone groups is 2. The molecule has 0 amide bonds. The molecule has 0 saturated carbocycles. The standard InChI is InChI=1S/C13H24N4S4/c1-6-19-11(20-7-2)14-16-13(5)9-10(4)15-17(13)12(18)21-8-3/h16H,6-9H2,1-5H3/t13-/m1/s1. The van der Waals surface area contributed by atoms with Crippen molar-refractivity contribution in [2.45, 2.75) is 46.7 Å². The maximum Gasteiger partial charge on any atom is 0.159 e. The summed E-state index contributed by atoms with van der Waals surface area (Å²) >= 11 is 10.6. The lowest BCUT2D eigenvalue weighted by molar-refractivity contribution is 0.190. The van der Waals surface area contributed by atoms with Gasteiger partial charge in [0, 0.05) is 12.1 Å². The van der Waals surface area contributed by atoms with Crippen molar-refractivity contribution in [1.29, 1.82) is 0 Å². The van der Waals surface area contributed by atoms with E-state index in [0.29, 0.717) is 0 Å². The van der Waals surface area contributed by atoms with Crippen LogP contribution in [0.4, 0.5) is 0 Å². The number of nitrogens with one attached hydrogen (secondary N) is 1. The molecule has 21 heavy (non-hydrogen) atoms. The van der Waals surface area contributed by atoms with Gasteiger partial charge in [0.2, 0.25) is 0 Å². The first-order chi connectivity index (χ1) is 9.96. The molecule has 1 rings (SSSR count). The third kappa shape index (κ3) is 5.65. The van der Waals surface area contributed by atoms with E-state index < -0.39 is 0 Å². The fraction of sp³-hybridized carbons (Fsp3) is 0.769. The molecule has 1 aliphatic heterocycles. The van der Waals surface area contributed by atoms with Gasteiger partial charge in [0.05, 0.1) is 0 Å². The van der Waals surface area contributed by atoms with Gasteiger partial charge < -0.3 is 0 Å². The molecule has 8 heteroatoms.